The second kappa shape index (κ2) is 8.96. The lowest BCUT2D eigenvalue weighted by Gasteiger charge is -2.35. The normalized spacial score (nSPS) is 21.5. The van der Waals surface area contributed by atoms with Gasteiger partial charge in [0, 0.05) is 11.6 Å². The number of nitrogens with zero attached hydrogens (tertiary/aromatic N) is 1. The average molecular weight is 420 g/mol. The van der Waals surface area contributed by atoms with Gasteiger partial charge >= 0.3 is 0 Å². The van der Waals surface area contributed by atoms with Crippen LogP contribution in [0.4, 0.5) is 0 Å². The number of ketones is 1. The van der Waals surface area contributed by atoms with Crippen LogP contribution in [0.15, 0.2) is 54.1 Å². The van der Waals surface area contributed by atoms with E-state index in [-0.39, 0.29) is 17.4 Å². The highest BCUT2D eigenvalue weighted by Crippen LogP contribution is 2.43. The third kappa shape index (κ3) is 3.97. The number of aliphatic hydroxyl groups excluding tert-OH is 1. The first-order valence-electron chi connectivity index (χ1n) is 11.1. The first-order chi connectivity index (χ1) is 15.0. The molecule has 1 unspecified atom stereocenters. The van der Waals surface area contributed by atoms with E-state index in [1.165, 1.54) is 0 Å². The van der Waals surface area contributed by atoms with Crippen LogP contribution >= 0.6 is 0 Å². The highest BCUT2D eigenvalue weighted by molar-refractivity contribution is 6.46. The second-order valence-corrected chi connectivity index (χ2v) is 8.32. The summed E-state index contributed by atoms with van der Waals surface area (Å²) in [5, 5.41) is 11.2. The van der Waals surface area contributed by atoms with E-state index in [2.05, 4.69) is 0 Å². The number of Topliss-reactive ketones (excluding diaryl/α,β-unsaturated/α-hetero) is 1. The molecule has 2 aromatic carbocycles. The Balaban J connectivity index is 1.83. The van der Waals surface area contributed by atoms with E-state index in [1.54, 1.807) is 23.1 Å². The van der Waals surface area contributed by atoms with Crippen LogP contribution in [0.1, 0.15) is 61.8 Å². The standard InChI is InChI=1S/C26H29NO4/c1-3-31-21-15-14-19(16-17(21)2)24(28)22-23(18-10-6-4-7-11-18)27(26(30)25(22)29)20-12-8-5-9-13-20/h4,6-7,10-11,14-16,20,23,28H,3,5,8-9,12-13H2,1-2H3/b24-22-. The summed E-state index contributed by atoms with van der Waals surface area (Å²) in [6.07, 6.45) is 5.03. The highest BCUT2D eigenvalue weighted by Gasteiger charge is 2.48. The van der Waals surface area contributed by atoms with Gasteiger partial charge in [-0.25, -0.2) is 0 Å². The predicted molar refractivity (Wildman–Crippen MR) is 120 cm³/mol. The smallest absolute Gasteiger partial charge is 0.295 e. The summed E-state index contributed by atoms with van der Waals surface area (Å²) in [6.45, 7) is 4.36. The van der Waals surface area contributed by atoms with Crippen molar-refractivity contribution in [2.75, 3.05) is 6.61 Å². The van der Waals surface area contributed by atoms with E-state index in [9.17, 15) is 14.7 Å². The number of aliphatic hydroxyl groups is 1. The Labute approximate surface area is 183 Å². The van der Waals surface area contributed by atoms with Gasteiger partial charge in [-0.15, -0.1) is 0 Å². The fourth-order valence-electron chi connectivity index (χ4n) is 4.82. The lowest BCUT2D eigenvalue weighted by atomic mass is 9.91. The van der Waals surface area contributed by atoms with E-state index < -0.39 is 17.7 Å². The molecule has 1 N–H and O–H groups in total. The number of hydrogen-bond donors (Lipinski definition) is 1. The number of aryl methyl sites for hydroxylation is 1. The molecule has 2 aliphatic rings. The number of ether oxygens (including phenoxy) is 1. The van der Waals surface area contributed by atoms with Gasteiger partial charge in [0.2, 0.25) is 0 Å². The maximum atomic E-state index is 13.2. The molecule has 5 heteroatoms. The van der Waals surface area contributed by atoms with Gasteiger partial charge in [-0.1, -0.05) is 49.6 Å². The Hall–Kier alpha value is -3.08. The molecular formula is C26H29NO4. The molecule has 1 saturated heterocycles. The molecule has 1 heterocycles. The van der Waals surface area contributed by atoms with E-state index in [0.717, 1.165) is 49.0 Å². The molecule has 31 heavy (non-hydrogen) atoms. The maximum Gasteiger partial charge on any atom is 0.295 e. The summed E-state index contributed by atoms with van der Waals surface area (Å²) in [5.74, 6) is -0.508. The van der Waals surface area contributed by atoms with Crippen LogP contribution in [0.25, 0.3) is 5.76 Å². The minimum absolute atomic E-state index is 0.0165. The molecule has 1 aliphatic carbocycles. The van der Waals surface area contributed by atoms with Crippen molar-refractivity contribution in [2.24, 2.45) is 0 Å². The number of rotatable bonds is 5. The third-order valence-corrected chi connectivity index (χ3v) is 6.31. The fourth-order valence-corrected chi connectivity index (χ4v) is 4.82. The van der Waals surface area contributed by atoms with Crippen molar-refractivity contribution < 1.29 is 19.4 Å². The van der Waals surface area contributed by atoms with Crippen molar-refractivity contribution in [1.82, 2.24) is 4.90 Å². The lowest BCUT2D eigenvalue weighted by Crippen LogP contribution is -2.40. The zero-order chi connectivity index (χ0) is 22.0. The molecule has 0 radical (unpaired) electrons. The van der Waals surface area contributed by atoms with Crippen molar-refractivity contribution >= 4 is 17.4 Å². The molecule has 1 atom stereocenters. The highest BCUT2D eigenvalue weighted by atomic mass is 16.5. The molecule has 0 aromatic heterocycles. The third-order valence-electron chi connectivity index (χ3n) is 6.31. The number of carbonyl (C=O) groups excluding carboxylic acids is 2. The van der Waals surface area contributed by atoms with Gasteiger partial charge < -0.3 is 14.7 Å². The van der Waals surface area contributed by atoms with Crippen molar-refractivity contribution in [3.8, 4) is 5.75 Å². The zero-order valence-electron chi connectivity index (χ0n) is 18.1. The number of likely N-dealkylation sites (tertiary alicyclic amines) is 1. The molecule has 5 nitrogen and oxygen atoms in total. The molecule has 4 rings (SSSR count). The SMILES string of the molecule is CCOc1ccc(/C(O)=C2/C(=O)C(=O)N(C3CCCCC3)C2c2ccccc2)cc1C. The summed E-state index contributed by atoms with van der Waals surface area (Å²) in [4.78, 5) is 28.1. The molecule has 0 bridgehead atoms. The number of hydrogen-bond acceptors (Lipinski definition) is 4. The van der Waals surface area contributed by atoms with Crippen LogP contribution in [0, 0.1) is 6.92 Å². The summed E-state index contributed by atoms with van der Waals surface area (Å²) in [6, 6.07) is 14.3. The maximum absolute atomic E-state index is 13.2. The first kappa shape index (κ1) is 21.2. The summed E-state index contributed by atoms with van der Waals surface area (Å²) in [7, 11) is 0. The molecule has 1 saturated carbocycles. The van der Waals surface area contributed by atoms with Crippen LogP contribution < -0.4 is 4.74 Å². The van der Waals surface area contributed by atoms with Gasteiger partial charge in [0.05, 0.1) is 18.2 Å². The van der Waals surface area contributed by atoms with Crippen LogP contribution in [0.5, 0.6) is 5.75 Å². The Morgan fingerprint density at radius 2 is 1.77 bits per heavy atom. The molecule has 2 aromatic rings. The Morgan fingerprint density at radius 1 is 1.06 bits per heavy atom. The summed E-state index contributed by atoms with van der Waals surface area (Å²) in [5.41, 5.74) is 2.40. The molecule has 162 valence electrons. The summed E-state index contributed by atoms with van der Waals surface area (Å²) >= 11 is 0. The average Bonchev–Trinajstić information content (AvgIpc) is 3.06. The van der Waals surface area contributed by atoms with E-state index in [1.807, 2.05) is 44.2 Å². The summed E-state index contributed by atoms with van der Waals surface area (Å²) < 4.78 is 5.59. The van der Waals surface area contributed by atoms with Gasteiger partial charge in [-0.2, -0.15) is 0 Å². The Bertz CT molecular complexity index is 1010. The van der Waals surface area contributed by atoms with Gasteiger partial charge in [-0.3, -0.25) is 9.59 Å². The van der Waals surface area contributed by atoms with Crippen LogP contribution in [-0.4, -0.2) is 34.3 Å². The predicted octanol–water partition coefficient (Wildman–Crippen LogP) is 5.15. The zero-order valence-corrected chi connectivity index (χ0v) is 18.1. The van der Waals surface area contributed by atoms with Gasteiger partial charge in [0.15, 0.2) is 0 Å². The van der Waals surface area contributed by atoms with E-state index in [4.69, 9.17) is 4.74 Å². The van der Waals surface area contributed by atoms with Crippen LogP contribution in [-0.2, 0) is 9.59 Å². The van der Waals surface area contributed by atoms with Crippen molar-refractivity contribution in [3.05, 3.63) is 70.8 Å². The first-order valence-corrected chi connectivity index (χ1v) is 11.1. The Morgan fingerprint density at radius 3 is 2.42 bits per heavy atom. The van der Waals surface area contributed by atoms with Gasteiger partial charge in [0.1, 0.15) is 11.5 Å². The van der Waals surface area contributed by atoms with Gasteiger partial charge in [-0.05, 0) is 56.0 Å². The van der Waals surface area contributed by atoms with Crippen LogP contribution in [0.2, 0.25) is 0 Å². The number of carbonyl (C=O) groups is 2. The number of amides is 1. The van der Waals surface area contributed by atoms with E-state index >= 15 is 0 Å². The lowest BCUT2D eigenvalue weighted by molar-refractivity contribution is -0.141. The minimum atomic E-state index is -0.608. The number of benzene rings is 2. The molecule has 0 spiro atoms. The molecule has 1 aliphatic heterocycles. The van der Waals surface area contributed by atoms with Gasteiger partial charge in [0.25, 0.3) is 11.7 Å². The quantitative estimate of drug-likeness (QED) is 0.414. The molecular weight excluding hydrogens is 390 g/mol. The van der Waals surface area contributed by atoms with Crippen LogP contribution in [0.3, 0.4) is 0 Å². The topological polar surface area (TPSA) is 66.8 Å². The largest absolute Gasteiger partial charge is 0.507 e. The van der Waals surface area contributed by atoms with Crippen molar-refractivity contribution in [1.29, 1.82) is 0 Å². The minimum Gasteiger partial charge on any atom is -0.507 e. The molecule has 1 amide bonds. The Kier molecular flexibility index (Phi) is 6.12. The molecule has 2 fully saturated rings. The second-order valence-electron chi connectivity index (χ2n) is 8.32. The van der Waals surface area contributed by atoms with Crippen molar-refractivity contribution in [3.63, 3.8) is 0 Å². The monoisotopic (exact) mass is 419 g/mol. The fraction of sp³-hybridized carbons (Fsp3) is 0.385. The van der Waals surface area contributed by atoms with Crippen molar-refractivity contribution in [2.45, 2.75) is 58.0 Å². The van der Waals surface area contributed by atoms with E-state index in [0.29, 0.717) is 12.2 Å².